The van der Waals surface area contributed by atoms with Gasteiger partial charge in [0.2, 0.25) is 5.91 Å². The topological polar surface area (TPSA) is 68.0 Å². The number of aromatic nitrogens is 2. The molecule has 3 aromatic heterocycles. The second-order valence-corrected chi connectivity index (χ2v) is 6.56. The van der Waals surface area contributed by atoms with Gasteiger partial charge in [0, 0.05) is 40.7 Å². The average Bonchev–Trinajstić information content (AvgIpc) is 3.39. The van der Waals surface area contributed by atoms with Crippen LogP contribution in [0.4, 0.5) is 5.69 Å². The Bertz CT molecular complexity index is 1070. The molecule has 6 heteroatoms. The van der Waals surface area contributed by atoms with Crippen LogP contribution in [-0.2, 0) is 4.79 Å². The zero-order chi connectivity index (χ0) is 18.5. The molecule has 0 atom stereocenters. The molecule has 0 spiro atoms. The molecule has 1 amide bonds. The third-order valence-electron chi connectivity index (χ3n) is 3.78. The summed E-state index contributed by atoms with van der Waals surface area (Å²) in [4.78, 5) is 20.9. The van der Waals surface area contributed by atoms with E-state index in [0.29, 0.717) is 11.4 Å². The molecule has 0 bridgehead atoms. The van der Waals surface area contributed by atoms with Gasteiger partial charge < -0.3 is 9.73 Å². The Labute approximate surface area is 160 Å². The van der Waals surface area contributed by atoms with Gasteiger partial charge in [0.15, 0.2) is 0 Å². The van der Waals surface area contributed by atoms with Crippen LogP contribution in [0.3, 0.4) is 0 Å². The van der Waals surface area contributed by atoms with Gasteiger partial charge in [-0.1, -0.05) is 12.1 Å². The minimum absolute atomic E-state index is 0.224. The molecule has 0 aliphatic rings. The number of benzene rings is 1. The Hall–Kier alpha value is -3.51. The molecule has 0 saturated carbocycles. The van der Waals surface area contributed by atoms with Crippen molar-refractivity contribution >= 4 is 29.0 Å². The van der Waals surface area contributed by atoms with Crippen molar-refractivity contribution in [1.82, 2.24) is 9.97 Å². The van der Waals surface area contributed by atoms with E-state index in [2.05, 4.69) is 15.3 Å². The van der Waals surface area contributed by atoms with Crippen molar-refractivity contribution in [3.8, 4) is 21.8 Å². The van der Waals surface area contributed by atoms with Crippen molar-refractivity contribution in [1.29, 1.82) is 0 Å². The minimum Gasteiger partial charge on any atom is -0.465 e. The monoisotopic (exact) mass is 373 g/mol. The van der Waals surface area contributed by atoms with Gasteiger partial charge in [0.1, 0.15) is 10.8 Å². The van der Waals surface area contributed by atoms with Crippen LogP contribution in [0.2, 0.25) is 0 Å². The maximum Gasteiger partial charge on any atom is 0.248 e. The fourth-order valence-electron chi connectivity index (χ4n) is 2.51. The number of anilines is 1. The molecule has 0 aliphatic heterocycles. The van der Waals surface area contributed by atoms with Crippen LogP contribution in [0, 0.1) is 0 Å². The lowest BCUT2D eigenvalue weighted by Crippen LogP contribution is -2.07. The molecule has 27 heavy (non-hydrogen) atoms. The molecule has 0 aliphatic carbocycles. The van der Waals surface area contributed by atoms with Gasteiger partial charge in [-0.3, -0.25) is 9.78 Å². The number of carbonyl (C=O) groups is 1. The van der Waals surface area contributed by atoms with Gasteiger partial charge in [-0.05, 0) is 42.5 Å². The summed E-state index contributed by atoms with van der Waals surface area (Å²) < 4.78 is 5.17. The molecule has 5 nitrogen and oxygen atoms in total. The Balaban J connectivity index is 1.49. The van der Waals surface area contributed by atoms with Gasteiger partial charge in [0.25, 0.3) is 0 Å². The summed E-state index contributed by atoms with van der Waals surface area (Å²) >= 11 is 1.56. The van der Waals surface area contributed by atoms with E-state index >= 15 is 0 Å². The van der Waals surface area contributed by atoms with Crippen LogP contribution in [0.5, 0.6) is 0 Å². The molecule has 0 radical (unpaired) electrons. The molecule has 0 saturated heterocycles. The van der Waals surface area contributed by atoms with Crippen LogP contribution in [-0.4, -0.2) is 15.9 Å². The Morgan fingerprint density at radius 2 is 2.04 bits per heavy atom. The van der Waals surface area contributed by atoms with E-state index in [-0.39, 0.29) is 5.91 Å². The van der Waals surface area contributed by atoms with Gasteiger partial charge in [-0.2, -0.15) is 0 Å². The summed E-state index contributed by atoms with van der Waals surface area (Å²) in [6, 6.07) is 15.0. The second-order valence-electron chi connectivity index (χ2n) is 5.70. The number of pyridine rings is 1. The number of hydrogen-bond acceptors (Lipinski definition) is 5. The molecule has 3 heterocycles. The van der Waals surface area contributed by atoms with Crippen molar-refractivity contribution in [3.05, 3.63) is 84.4 Å². The first kappa shape index (κ1) is 16.9. The lowest BCUT2D eigenvalue weighted by molar-refractivity contribution is -0.111. The van der Waals surface area contributed by atoms with E-state index in [0.717, 1.165) is 21.8 Å². The molecule has 4 rings (SSSR count). The fourth-order valence-corrected chi connectivity index (χ4v) is 3.33. The van der Waals surface area contributed by atoms with Crippen molar-refractivity contribution in [2.75, 3.05) is 5.32 Å². The average molecular weight is 373 g/mol. The Morgan fingerprint density at radius 3 is 2.85 bits per heavy atom. The predicted molar refractivity (Wildman–Crippen MR) is 107 cm³/mol. The van der Waals surface area contributed by atoms with Crippen LogP contribution in [0.1, 0.15) is 5.76 Å². The van der Waals surface area contributed by atoms with Gasteiger partial charge in [-0.15, -0.1) is 11.3 Å². The summed E-state index contributed by atoms with van der Waals surface area (Å²) in [5.74, 6) is 0.405. The van der Waals surface area contributed by atoms with E-state index in [4.69, 9.17) is 4.42 Å². The molecule has 0 fully saturated rings. The number of carbonyl (C=O) groups excluding carboxylic acids is 1. The third-order valence-corrected chi connectivity index (χ3v) is 4.67. The first-order chi connectivity index (χ1) is 13.3. The first-order valence-corrected chi connectivity index (χ1v) is 9.15. The zero-order valence-corrected chi connectivity index (χ0v) is 15.0. The van der Waals surface area contributed by atoms with Crippen molar-refractivity contribution < 1.29 is 9.21 Å². The Morgan fingerprint density at radius 1 is 1.11 bits per heavy atom. The number of thiazole rings is 1. The molecule has 1 aromatic carbocycles. The molecule has 0 unspecified atom stereocenters. The van der Waals surface area contributed by atoms with Crippen molar-refractivity contribution in [2.45, 2.75) is 0 Å². The summed E-state index contributed by atoms with van der Waals surface area (Å²) in [5.41, 5.74) is 3.49. The van der Waals surface area contributed by atoms with Crippen LogP contribution in [0.15, 0.2) is 83.1 Å². The molecular weight excluding hydrogens is 358 g/mol. The lowest BCUT2D eigenvalue weighted by Gasteiger charge is -2.04. The molecular formula is C21H15N3O2S. The highest BCUT2D eigenvalue weighted by atomic mass is 32.1. The van der Waals surface area contributed by atoms with E-state index in [1.807, 2.05) is 41.8 Å². The normalized spacial score (nSPS) is 11.0. The number of amides is 1. The maximum atomic E-state index is 12.1. The fraction of sp³-hybridized carbons (Fsp3) is 0. The minimum atomic E-state index is -0.224. The smallest absolute Gasteiger partial charge is 0.248 e. The quantitative estimate of drug-likeness (QED) is 0.493. The summed E-state index contributed by atoms with van der Waals surface area (Å²) in [6.45, 7) is 0. The SMILES string of the molecule is O=C(/C=C/c1ccco1)Nc1cccc(-c2csc(-c3cccnc3)n2)c1. The number of hydrogen-bond donors (Lipinski definition) is 1. The van der Waals surface area contributed by atoms with Crippen molar-refractivity contribution in [3.63, 3.8) is 0 Å². The number of furan rings is 1. The second kappa shape index (κ2) is 7.80. The van der Waals surface area contributed by atoms with E-state index in [1.54, 1.807) is 48.2 Å². The standard InChI is InChI=1S/C21H15N3O2S/c25-20(9-8-18-7-3-11-26-18)23-17-6-1-4-15(12-17)19-14-27-21(24-19)16-5-2-10-22-13-16/h1-14H,(H,23,25)/b9-8+. The van der Waals surface area contributed by atoms with E-state index in [1.165, 1.54) is 6.08 Å². The summed E-state index contributed by atoms with van der Waals surface area (Å²) in [6.07, 6.45) is 8.17. The number of nitrogens with zero attached hydrogens (tertiary/aromatic N) is 2. The highest BCUT2D eigenvalue weighted by Gasteiger charge is 2.08. The Kier molecular flexibility index (Phi) is 4.89. The largest absolute Gasteiger partial charge is 0.465 e. The number of nitrogens with one attached hydrogen (secondary N) is 1. The molecule has 4 aromatic rings. The number of rotatable bonds is 5. The van der Waals surface area contributed by atoms with Crippen molar-refractivity contribution in [2.24, 2.45) is 0 Å². The highest BCUT2D eigenvalue weighted by Crippen LogP contribution is 2.29. The van der Waals surface area contributed by atoms with E-state index < -0.39 is 0 Å². The van der Waals surface area contributed by atoms with Crippen LogP contribution < -0.4 is 5.32 Å². The summed E-state index contributed by atoms with van der Waals surface area (Å²) in [5, 5.41) is 5.76. The first-order valence-electron chi connectivity index (χ1n) is 8.27. The van der Waals surface area contributed by atoms with Gasteiger partial charge in [0.05, 0.1) is 12.0 Å². The highest BCUT2D eigenvalue weighted by molar-refractivity contribution is 7.13. The third kappa shape index (κ3) is 4.19. The maximum absolute atomic E-state index is 12.1. The van der Waals surface area contributed by atoms with Crippen LogP contribution >= 0.6 is 11.3 Å². The summed E-state index contributed by atoms with van der Waals surface area (Å²) in [7, 11) is 0. The van der Waals surface area contributed by atoms with E-state index in [9.17, 15) is 4.79 Å². The van der Waals surface area contributed by atoms with Crippen LogP contribution in [0.25, 0.3) is 27.9 Å². The lowest BCUT2D eigenvalue weighted by atomic mass is 10.1. The van der Waals surface area contributed by atoms with Gasteiger partial charge >= 0.3 is 0 Å². The zero-order valence-electron chi connectivity index (χ0n) is 14.2. The molecule has 132 valence electrons. The predicted octanol–water partition coefficient (Wildman–Crippen LogP) is 5.12. The van der Waals surface area contributed by atoms with Gasteiger partial charge in [-0.25, -0.2) is 4.98 Å². The molecule has 1 N–H and O–H groups in total.